The van der Waals surface area contributed by atoms with Crippen molar-refractivity contribution < 1.29 is 9.32 Å². The zero-order valence-corrected chi connectivity index (χ0v) is 21.7. The van der Waals surface area contributed by atoms with Gasteiger partial charge in [0.1, 0.15) is 0 Å². The minimum atomic E-state index is -0.0102. The summed E-state index contributed by atoms with van der Waals surface area (Å²) in [6.07, 6.45) is 6.24. The number of likely N-dealkylation sites (tertiary alicyclic amines) is 2. The maximum Gasteiger partial charge on any atom is 0.222 e. The predicted molar refractivity (Wildman–Crippen MR) is 142 cm³/mol. The van der Waals surface area contributed by atoms with Gasteiger partial charge in [-0.15, -0.1) is 0 Å². The van der Waals surface area contributed by atoms with Gasteiger partial charge in [-0.3, -0.25) is 4.79 Å². The summed E-state index contributed by atoms with van der Waals surface area (Å²) >= 11 is 0. The third-order valence-corrected chi connectivity index (χ3v) is 8.01. The Balaban J connectivity index is 1.18. The highest BCUT2D eigenvalue weighted by Gasteiger charge is 2.29. The largest absolute Gasteiger partial charge is 0.365 e. The first-order valence-electron chi connectivity index (χ1n) is 13.9. The lowest BCUT2D eigenvalue weighted by molar-refractivity contribution is -0.131. The fraction of sp³-hybridized carbons (Fsp3) is 0.643. The van der Waals surface area contributed by atoms with Gasteiger partial charge in [0.05, 0.1) is 11.6 Å². The number of carbonyl (C=O) groups is 1. The van der Waals surface area contributed by atoms with Crippen LogP contribution in [0, 0.1) is 5.92 Å². The van der Waals surface area contributed by atoms with Gasteiger partial charge in [-0.25, -0.2) is 5.32 Å². The maximum atomic E-state index is 12.5. The fourth-order valence-electron chi connectivity index (χ4n) is 5.85. The van der Waals surface area contributed by atoms with E-state index in [1.54, 1.807) is 0 Å². The Bertz CT molecular complexity index is 988. The van der Waals surface area contributed by atoms with E-state index in [1.165, 1.54) is 24.0 Å². The predicted octanol–water partition coefficient (Wildman–Crippen LogP) is 3.29. The van der Waals surface area contributed by atoms with Gasteiger partial charge in [0.25, 0.3) is 0 Å². The van der Waals surface area contributed by atoms with E-state index in [0.717, 1.165) is 102 Å². The van der Waals surface area contributed by atoms with E-state index in [-0.39, 0.29) is 6.04 Å². The number of piperidine rings is 1. The van der Waals surface area contributed by atoms with Gasteiger partial charge in [-0.2, -0.15) is 0 Å². The summed E-state index contributed by atoms with van der Waals surface area (Å²) in [4.78, 5) is 17.1. The number of hydrogen-bond acceptors (Lipinski definition) is 6. The van der Waals surface area contributed by atoms with E-state index in [2.05, 4.69) is 56.8 Å². The van der Waals surface area contributed by atoms with Crippen LogP contribution in [-0.4, -0.2) is 79.8 Å². The number of rotatable bonds is 9. The third kappa shape index (κ3) is 5.93. The molecule has 1 unspecified atom stereocenters. The molecule has 1 radical (unpaired) electrons. The number of benzene rings is 1. The highest BCUT2D eigenvalue weighted by molar-refractivity contribution is 5.80. The topological polar surface area (TPSA) is 87.7 Å². The summed E-state index contributed by atoms with van der Waals surface area (Å²) in [5.41, 5.74) is 3.53. The van der Waals surface area contributed by atoms with Crippen LogP contribution < -0.4 is 16.0 Å². The molecule has 0 spiro atoms. The highest BCUT2D eigenvalue weighted by atomic mass is 16.5. The summed E-state index contributed by atoms with van der Waals surface area (Å²) in [7, 11) is 0. The minimum Gasteiger partial charge on any atom is -0.365 e. The fourth-order valence-corrected chi connectivity index (χ4v) is 5.85. The normalized spacial score (nSPS) is 21.7. The Hall–Kier alpha value is -2.42. The second-order valence-corrected chi connectivity index (χ2v) is 10.4. The lowest BCUT2D eigenvalue weighted by Gasteiger charge is -2.32. The molecule has 5 rings (SSSR count). The van der Waals surface area contributed by atoms with E-state index in [4.69, 9.17) is 9.84 Å². The van der Waals surface area contributed by atoms with Gasteiger partial charge in [0.15, 0.2) is 11.6 Å². The second kappa shape index (κ2) is 12.2. The molecule has 3 aliphatic rings. The Morgan fingerprint density at radius 2 is 1.97 bits per heavy atom. The molecule has 2 aromatic rings. The quantitative estimate of drug-likeness (QED) is 0.557. The molecule has 8 heteroatoms. The Morgan fingerprint density at radius 1 is 1.17 bits per heavy atom. The molecule has 0 saturated carbocycles. The lowest BCUT2D eigenvalue weighted by atomic mass is 9.93. The van der Waals surface area contributed by atoms with Crippen molar-refractivity contribution in [3.05, 3.63) is 35.6 Å². The molecule has 2 N–H and O–H groups in total. The van der Waals surface area contributed by atoms with Crippen LogP contribution in [0.5, 0.6) is 0 Å². The average Bonchev–Trinajstić information content (AvgIpc) is 3.61. The van der Waals surface area contributed by atoms with Crippen LogP contribution in [0.15, 0.2) is 28.8 Å². The number of anilines is 1. The van der Waals surface area contributed by atoms with Crippen LogP contribution in [0.3, 0.4) is 0 Å². The SMILES string of the molecule is CCc1ccccc1-c1c(NCCN2CCC(CC(=O)N3CCCC3)CC2)noc1C1CNCC[N]1. The molecule has 195 valence electrons. The van der Waals surface area contributed by atoms with E-state index in [1.807, 2.05) is 0 Å². The van der Waals surface area contributed by atoms with Crippen molar-refractivity contribution in [3.63, 3.8) is 0 Å². The molecule has 3 aliphatic heterocycles. The molecule has 4 heterocycles. The summed E-state index contributed by atoms with van der Waals surface area (Å²) in [6.45, 7) is 10.5. The molecule has 0 bridgehead atoms. The van der Waals surface area contributed by atoms with E-state index < -0.39 is 0 Å². The van der Waals surface area contributed by atoms with Crippen molar-refractivity contribution in [2.24, 2.45) is 5.92 Å². The van der Waals surface area contributed by atoms with E-state index in [0.29, 0.717) is 11.8 Å². The molecular formula is C28H41N6O2. The van der Waals surface area contributed by atoms with Crippen molar-refractivity contribution in [3.8, 4) is 11.1 Å². The number of amides is 1. The zero-order chi connectivity index (χ0) is 24.7. The first-order chi connectivity index (χ1) is 17.7. The molecule has 1 atom stereocenters. The standard InChI is InChI=1S/C28H41N6O2/c1-2-22-7-3-4-8-23(22)26-27(24-20-29-11-12-30-24)36-32-28(26)31-13-18-33-16-9-21(10-17-33)19-25(35)34-14-5-6-15-34/h3-4,7-8,21,24,29H,2,5-6,9-20H2,1H3,(H,31,32). The number of piperazine rings is 1. The van der Waals surface area contributed by atoms with Gasteiger partial charge < -0.3 is 25.0 Å². The van der Waals surface area contributed by atoms with Crippen molar-refractivity contribution in [1.82, 2.24) is 25.6 Å². The minimum absolute atomic E-state index is 0.0102. The van der Waals surface area contributed by atoms with Gasteiger partial charge in [0, 0.05) is 52.2 Å². The molecule has 36 heavy (non-hydrogen) atoms. The smallest absolute Gasteiger partial charge is 0.222 e. The Labute approximate surface area is 215 Å². The second-order valence-electron chi connectivity index (χ2n) is 10.4. The highest BCUT2D eigenvalue weighted by Crippen LogP contribution is 2.37. The first kappa shape index (κ1) is 25.2. The number of nitrogens with zero attached hydrogens (tertiary/aromatic N) is 4. The van der Waals surface area contributed by atoms with Crippen LogP contribution in [0.4, 0.5) is 5.82 Å². The summed E-state index contributed by atoms with van der Waals surface area (Å²) in [5.74, 6) is 2.58. The van der Waals surface area contributed by atoms with Crippen molar-refractivity contribution in [2.75, 3.05) is 64.2 Å². The molecule has 3 saturated heterocycles. The monoisotopic (exact) mass is 493 g/mol. The number of carbonyl (C=O) groups excluding carboxylic acids is 1. The molecule has 0 aliphatic carbocycles. The Morgan fingerprint density at radius 3 is 2.72 bits per heavy atom. The summed E-state index contributed by atoms with van der Waals surface area (Å²) in [5, 5.41) is 16.3. The average molecular weight is 494 g/mol. The van der Waals surface area contributed by atoms with Crippen molar-refractivity contribution in [2.45, 2.75) is 51.5 Å². The molecule has 3 fully saturated rings. The molecule has 1 aromatic heterocycles. The van der Waals surface area contributed by atoms with Gasteiger partial charge in [-0.1, -0.05) is 36.3 Å². The Kier molecular flexibility index (Phi) is 8.56. The van der Waals surface area contributed by atoms with Crippen LogP contribution in [0.2, 0.25) is 0 Å². The molecule has 1 amide bonds. The zero-order valence-electron chi connectivity index (χ0n) is 21.7. The van der Waals surface area contributed by atoms with Crippen molar-refractivity contribution in [1.29, 1.82) is 0 Å². The molecule has 8 nitrogen and oxygen atoms in total. The van der Waals surface area contributed by atoms with Crippen LogP contribution in [-0.2, 0) is 11.2 Å². The summed E-state index contributed by atoms with van der Waals surface area (Å²) in [6, 6.07) is 8.53. The van der Waals surface area contributed by atoms with Gasteiger partial charge in [0.2, 0.25) is 5.91 Å². The first-order valence-corrected chi connectivity index (χ1v) is 13.9. The van der Waals surface area contributed by atoms with E-state index in [9.17, 15) is 4.79 Å². The number of hydrogen-bond donors (Lipinski definition) is 2. The van der Waals surface area contributed by atoms with Crippen LogP contribution in [0.25, 0.3) is 11.1 Å². The summed E-state index contributed by atoms with van der Waals surface area (Å²) < 4.78 is 5.93. The molecular weight excluding hydrogens is 452 g/mol. The van der Waals surface area contributed by atoms with Gasteiger partial charge >= 0.3 is 0 Å². The number of nitrogens with one attached hydrogen (secondary N) is 2. The van der Waals surface area contributed by atoms with E-state index >= 15 is 0 Å². The van der Waals surface area contributed by atoms with Crippen molar-refractivity contribution >= 4 is 11.7 Å². The third-order valence-electron chi connectivity index (χ3n) is 8.01. The van der Waals surface area contributed by atoms with Crippen LogP contribution >= 0.6 is 0 Å². The van der Waals surface area contributed by atoms with Gasteiger partial charge in [-0.05, 0) is 62.2 Å². The maximum absolute atomic E-state index is 12.5. The number of aryl methyl sites for hydroxylation is 1. The number of aromatic nitrogens is 1. The molecule has 1 aromatic carbocycles. The van der Waals surface area contributed by atoms with Crippen LogP contribution in [0.1, 0.15) is 56.4 Å². The lowest BCUT2D eigenvalue weighted by Crippen LogP contribution is -2.39.